The van der Waals surface area contributed by atoms with E-state index in [0.717, 1.165) is 6.42 Å². The van der Waals surface area contributed by atoms with Crippen LogP contribution in [0.15, 0.2) is 18.2 Å². The number of benzene rings is 1. The van der Waals surface area contributed by atoms with Crippen LogP contribution in [0, 0.1) is 12.8 Å². The van der Waals surface area contributed by atoms with Crippen molar-refractivity contribution in [2.75, 3.05) is 6.61 Å². The Balaban J connectivity index is 2.44. The molecule has 0 aliphatic heterocycles. The molecule has 0 bridgehead atoms. The third-order valence-corrected chi connectivity index (χ3v) is 3.93. The second-order valence-corrected chi connectivity index (χ2v) is 5.44. The Kier molecular flexibility index (Phi) is 3.34. The van der Waals surface area contributed by atoms with Gasteiger partial charge in [-0.2, -0.15) is 0 Å². The van der Waals surface area contributed by atoms with Gasteiger partial charge in [-0.05, 0) is 42.7 Å². The van der Waals surface area contributed by atoms with Gasteiger partial charge in [-0.3, -0.25) is 0 Å². The largest absolute Gasteiger partial charge is 0.396 e. The molecular weight excluding hydrogens is 196 g/mol. The van der Waals surface area contributed by atoms with Crippen molar-refractivity contribution in [1.29, 1.82) is 0 Å². The minimum atomic E-state index is 0.293. The topological polar surface area (TPSA) is 20.2 Å². The Hall–Kier alpha value is -0.820. The van der Waals surface area contributed by atoms with Crippen molar-refractivity contribution < 1.29 is 5.11 Å². The van der Waals surface area contributed by atoms with Crippen LogP contribution in [-0.2, 0) is 0 Å². The van der Waals surface area contributed by atoms with Crippen LogP contribution in [0.2, 0.25) is 0 Å². The van der Waals surface area contributed by atoms with E-state index in [1.807, 2.05) is 0 Å². The van der Waals surface area contributed by atoms with Gasteiger partial charge in [-0.25, -0.2) is 0 Å². The van der Waals surface area contributed by atoms with Gasteiger partial charge in [0.15, 0.2) is 0 Å². The highest BCUT2D eigenvalue weighted by Crippen LogP contribution is 2.42. The standard InChI is InChI=1S/C15H22O/c1-10(2)13-7-5-12(9-16)14-6-4-11(3)8-15(13)14/h4,6,8,10,12-13,16H,5,7,9H2,1-3H3/t12-,13+/m1/s1. The van der Waals surface area contributed by atoms with Gasteiger partial charge in [-0.1, -0.05) is 37.6 Å². The maximum atomic E-state index is 9.43. The molecule has 0 heterocycles. The van der Waals surface area contributed by atoms with Crippen molar-refractivity contribution in [2.24, 2.45) is 5.92 Å². The SMILES string of the molecule is Cc1ccc2c(c1)[C@H](C(C)C)CC[C@@H]2CO. The molecule has 1 aromatic carbocycles. The fourth-order valence-electron chi connectivity index (χ4n) is 2.96. The quantitative estimate of drug-likeness (QED) is 0.804. The predicted octanol–water partition coefficient (Wildman–Crippen LogP) is 3.60. The molecule has 16 heavy (non-hydrogen) atoms. The van der Waals surface area contributed by atoms with Crippen LogP contribution in [-0.4, -0.2) is 11.7 Å². The molecule has 0 radical (unpaired) electrons. The molecule has 1 aliphatic rings. The zero-order valence-corrected chi connectivity index (χ0v) is 10.5. The van der Waals surface area contributed by atoms with Gasteiger partial charge in [0.25, 0.3) is 0 Å². The highest BCUT2D eigenvalue weighted by atomic mass is 16.3. The van der Waals surface area contributed by atoms with E-state index in [0.29, 0.717) is 24.4 Å². The lowest BCUT2D eigenvalue weighted by Crippen LogP contribution is -2.20. The molecule has 0 saturated heterocycles. The van der Waals surface area contributed by atoms with Crippen molar-refractivity contribution in [3.05, 3.63) is 34.9 Å². The monoisotopic (exact) mass is 218 g/mol. The number of hydrogen-bond donors (Lipinski definition) is 1. The summed E-state index contributed by atoms with van der Waals surface area (Å²) < 4.78 is 0. The number of rotatable bonds is 2. The summed E-state index contributed by atoms with van der Waals surface area (Å²) in [6, 6.07) is 6.71. The van der Waals surface area contributed by atoms with E-state index in [9.17, 15) is 5.11 Å². The number of aliphatic hydroxyl groups is 1. The molecule has 88 valence electrons. The van der Waals surface area contributed by atoms with E-state index >= 15 is 0 Å². The van der Waals surface area contributed by atoms with Crippen molar-refractivity contribution in [2.45, 2.75) is 45.4 Å². The van der Waals surface area contributed by atoms with Gasteiger partial charge < -0.3 is 5.11 Å². The Morgan fingerprint density at radius 3 is 2.62 bits per heavy atom. The van der Waals surface area contributed by atoms with E-state index in [4.69, 9.17) is 0 Å². The van der Waals surface area contributed by atoms with Crippen molar-refractivity contribution in [1.82, 2.24) is 0 Å². The molecule has 0 saturated carbocycles. The van der Waals surface area contributed by atoms with Crippen LogP contribution in [0.4, 0.5) is 0 Å². The minimum absolute atomic E-state index is 0.293. The van der Waals surface area contributed by atoms with Crippen LogP contribution in [0.25, 0.3) is 0 Å². The molecule has 0 amide bonds. The highest BCUT2D eigenvalue weighted by Gasteiger charge is 2.28. The van der Waals surface area contributed by atoms with E-state index in [1.54, 1.807) is 0 Å². The average molecular weight is 218 g/mol. The molecule has 2 atom stereocenters. The summed E-state index contributed by atoms with van der Waals surface area (Å²) in [6.45, 7) is 7.05. The molecule has 0 spiro atoms. The first-order valence-corrected chi connectivity index (χ1v) is 6.34. The molecule has 2 rings (SSSR count). The molecule has 1 N–H and O–H groups in total. The van der Waals surface area contributed by atoms with Crippen LogP contribution in [0.3, 0.4) is 0 Å². The zero-order chi connectivity index (χ0) is 11.7. The van der Waals surface area contributed by atoms with Gasteiger partial charge in [-0.15, -0.1) is 0 Å². The summed E-state index contributed by atoms with van der Waals surface area (Å²) >= 11 is 0. The van der Waals surface area contributed by atoms with Crippen LogP contribution >= 0.6 is 0 Å². The first kappa shape index (κ1) is 11.7. The molecule has 1 nitrogen and oxygen atoms in total. The molecule has 1 heteroatoms. The van der Waals surface area contributed by atoms with Crippen LogP contribution in [0.5, 0.6) is 0 Å². The van der Waals surface area contributed by atoms with E-state index in [-0.39, 0.29) is 0 Å². The first-order chi connectivity index (χ1) is 7.63. The summed E-state index contributed by atoms with van der Waals surface area (Å²) in [5.74, 6) is 1.74. The highest BCUT2D eigenvalue weighted by molar-refractivity contribution is 5.39. The summed E-state index contributed by atoms with van der Waals surface area (Å²) in [4.78, 5) is 0. The molecule has 0 aromatic heterocycles. The fraction of sp³-hybridized carbons (Fsp3) is 0.600. The average Bonchev–Trinajstić information content (AvgIpc) is 2.26. The molecule has 0 unspecified atom stereocenters. The maximum Gasteiger partial charge on any atom is 0.0499 e. The van der Waals surface area contributed by atoms with Gasteiger partial charge in [0.05, 0.1) is 0 Å². The van der Waals surface area contributed by atoms with Crippen molar-refractivity contribution >= 4 is 0 Å². The fourth-order valence-corrected chi connectivity index (χ4v) is 2.96. The van der Waals surface area contributed by atoms with Gasteiger partial charge in [0.2, 0.25) is 0 Å². The number of hydrogen-bond acceptors (Lipinski definition) is 1. The summed E-state index contributed by atoms with van der Waals surface area (Å²) in [5.41, 5.74) is 4.21. The Bertz CT molecular complexity index is 368. The smallest absolute Gasteiger partial charge is 0.0499 e. The lowest BCUT2D eigenvalue weighted by molar-refractivity contribution is 0.243. The maximum absolute atomic E-state index is 9.43. The van der Waals surface area contributed by atoms with E-state index < -0.39 is 0 Å². The lowest BCUT2D eigenvalue weighted by atomic mass is 9.72. The Morgan fingerprint density at radius 1 is 1.25 bits per heavy atom. The molecule has 1 aromatic rings. The van der Waals surface area contributed by atoms with Crippen molar-refractivity contribution in [3.63, 3.8) is 0 Å². The minimum Gasteiger partial charge on any atom is -0.396 e. The van der Waals surface area contributed by atoms with Gasteiger partial charge >= 0.3 is 0 Å². The van der Waals surface area contributed by atoms with Gasteiger partial charge in [0, 0.05) is 12.5 Å². The molecule has 0 fully saturated rings. The first-order valence-electron chi connectivity index (χ1n) is 6.34. The second-order valence-electron chi connectivity index (χ2n) is 5.44. The van der Waals surface area contributed by atoms with Gasteiger partial charge in [0.1, 0.15) is 0 Å². The molecular formula is C15H22O. The lowest BCUT2D eigenvalue weighted by Gasteiger charge is -2.33. The third-order valence-electron chi connectivity index (χ3n) is 3.93. The number of aryl methyl sites for hydroxylation is 1. The van der Waals surface area contributed by atoms with E-state index in [2.05, 4.69) is 39.0 Å². The third kappa shape index (κ3) is 2.01. The number of fused-ring (bicyclic) bond motifs is 1. The Labute approximate surface area is 98.5 Å². The van der Waals surface area contributed by atoms with Crippen molar-refractivity contribution in [3.8, 4) is 0 Å². The summed E-state index contributed by atoms with van der Waals surface area (Å²) in [5, 5.41) is 9.43. The van der Waals surface area contributed by atoms with Crippen LogP contribution < -0.4 is 0 Å². The van der Waals surface area contributed by atoms with E-state index in [1.165, 1.54) is 23.1 Å². The zero-order valence-electron chi connectivity index (χ0n) is 10.5. The summed E-state index contributed by atoms with van der Waals surface area (Å²) in [6.07, 6.45) is 2.36. The predicted molar refractivity (Wildman–Crippen MR) is 67.8 cm³/mol. The van der Waals surface area contributed by atoms with Crippen LogP contribution in [0.1, 0.15) is 55.2 Å². The number of aliphatic hydroxyl groups excluding tert-OH is 1. The molecule has 1 aliphatic carbocycles. The second kappa shape index (κ2) is 4.58. The summed E-state index contributed by atoms with van der Waals surface area (Å²) in [7, 11) is 0. The normalized spacial score (nSPS) is 24.6. The Morgan fingerprint density at radius 2 is 2.00 bits per heavy atom.